The standard InChI is InChI=1S/C12H23N3/c1-11(6-8-14(3)4)12(2)7-9-15(5)10-13/h6-9H2,1-5H3/b12-11-. The molecule has 0 saturated heterocycles. The fourth-order valence-electron chi connectivity index (χ4n) is 1.20. The van der Waals surface area contributed by atoms with Crippen LogP contribution in [0.5, 0.6) is 0 Å². The molecule has 0 rings (SSSR count). The predicted molar refractivity (Wildman–Crippen MR) is 64.4 cm³/mol. The highest BCUT2D eigenvalue weighted by molar-refractivity contribution is 5.10. The first-order chi connectivity index (χ1) is 6.97. The Morgan fingerprint density at radius 1 is 1.00 bits per heavy atom. The first-order valence-electron chi connectivity index (χ1n) is 5.38. The largest absolute Gasteiger partial charge is 0.313 e. The summed E-state index contributed by atoms with van der Waals surface area (Å²) in [6, 6.07) is 0. The molecule has 0 aliphatic rings. The molecule has 0 fully saturated rings. The quantitative estimate of drug-likeness (QED) is 0.381. The van der Waals surface area contributed by atoms with E-state index in [1.54, 1.807) is 4.90 Å². The van der Waals surface area contributed by atoms with Gasteiger partial charge in [0.2, 0.25) is 0 Å². The SMILES string of the molecule is C/C(CCN(C)C)=C(\C)CCN(C)C#N. The molecular weight excluding hydrogens is 186 g/mol. The summed E-state index contributed by atoms with van der Waals surface area (Å²) in [5, 5.41) is 8.62. The molecule has 3 heteroatoms. The third kappa shape index (κ3) is 6.98. The van der Waals surface area contributed by atoms with Crippen LogP contribution in [0.15, 0.2) is 11.1 Å². The summed E-state index contributed by atoms with van der Waals surface area (Å²) in [6.07, 6.45) is 4.22. The van der Waals surface area contributed by atoms with Gasteiger partial charge in [-0.3, -0.25) is 0 Å². The lowest BCUT2D eigenvalue weighted by atomic mass is 10.1. The molecule has 0 saturated carbocycles. The molecule has 15 heavy (non-hydrogen) atoms. The molecule has 0 unspecified atom stereocenters. The van der Waals surface area contributed by atoms with Crippen LogP contribution >= 0.6 is 0 Å². The summed E-state index contributed by atoms with van der Waals surface area (Å²) >= 11 is 0. The lowest BCUT2D eigenvalue weighted by Gasteiger charge is -2.13. The fourth-order valence-corrected chi connectivity index (χ4v) is 1.20. The molecule has 0 N–H and O–H groups in total. The van der Waals surface area contributed by atoms with E-state index in [1.807, 2.05) is 7.05 Å². The zero-order chi connectivity index (χ0) is 11.8. The molecule has 0 amide bonds. The Bertz CT molecular complexity index is 248. The summed E-state index contributed by atoms with van der Waals surface area (Å²) in [5.74, 6) is 0. The van der Waals surface area contributed by atoms with E-state index in [0.29, 0.717) is 0 Å². The van der Waals surface area contributed by atoms with Crippen LogP contribution in [0.1, 0.15) is 26.7 Å². The monoisotopic (exact) mass is 209 g/mol. The molecule has 0 aliphatic heterocycles. The normalized spacial score (nSPS) is 12.3. The van der Waals surface area contributed by atoms with Crippen molar-refractivity contribution in [2.45, 2.75) is 26.7 Å². The van der Waals surface area contributed by atoms with Crippen molar-refractivity contribution < 1.29 is 0 Å². The summed E-state index contributed by atoms with van der Waals surface area (Å²) in [5.41, 5.74) is 2.87. The van der Waals surface area contributed by atoms with Crippen LogP contribution in [0, 0.1) is 11.5 Å². The molecule has 0 aromatic heterocycles. The molecule has 0 aromatic carbocycles. The van der Waals surface area contributed by atoms with Crippen molar-refractivity contribution in [2.24, 2.45) is 0 Å². The van der Waals surface area contributed by atoms with E-state index < -0.39 is 0 Å². The number of nitriles is 1. The highest BCUT2D eigenvalue weighted by atomic mass is 15.1. The van der Waals surface area contributed by atoms with Gasteiger partial charge in [0, 0.05) is 20.1 Å². The van der Waals surface area contributed by atoms with Crippen molar-refractivity contribution in [2.75, 3.05) is 34.2 Å². The molecule has 0 radical (unpaired) electrons. The van der Waals surface area contributed by atoms with Crippen LogP contribution in [0.4, 0.5) is 0 Å². The zero-order valence-electron chi connectivity index (χ0n) is 10.7. The smallest absolute Gasteiger partial charge is 0.179 e. The molecule has 0 heterocycles. The van der Waals surface area contributed by atoms with Gasteiger partial charge in [0.1, 0.15) is 0 Å². The summed E-state index contributed by atoms with van der Waals surface area (Å²) < 4.78 is 0. The van der Waals surface area contributed by atoms with Gasteiger partial charge in [-0.15, -0.1) is 0 Å². The third-order valence-corrected chi connectivity index (χ3v) is 2.66. The minimum Gasteiger partial charge on any atom is -0.313 e. The number of rotatable bonds is 6. The van der Waals surface area contributed by atoms with E-state index in [0.717, 1.165) is 25.9 Å². The Balaban J connectivity index is 3.98. The molecule has 0 spiro atoms. The lowest BCUT2D eigenvalue weighted by Crippen LogP contribution is -2.15. The van der Waals surface area contributed by atoms with E-state index in [1.165, 1.54) is 11.1 Å². The Labute approximate surface area is 94.0 Å². The van der Waals surface area contributed by atoms with Gasteiger partial charge in [-0.2, -0.15) is 5.26 Å². The average molecular weight is 209 g/mol. The Hall–Kier alpha value is -1.01. The number of hydrogen-bond acceptors (Lipinski definition) is 3. The molecule has 0 bridgehead atoms. The van der Waals surface area contributed by atoms with E-state index in [-0.39, 0.29) is 0 Å². The van der Waals surface area contributed by atoms with Crippen LogP contribution in [0.25, 0.3) is 0 Å². The molecule has 3 nitrogen and oxygen atoms in total. The van der Waals surface area contributed by atoms with Gasteiger partial charge in [0.15, 0.2) is 6.19 Å². The molecule has 0 aliphatic carbocycles. The van der Waals surface area contributed by atoms with Crippen LogP contribution in [0.3, 0.4) is 0 Å². The first kappa shape index (κ1) is 14.0. The maximum absolute atomic E-state index is 8.62. The van der Waals surface area contributed by atoms with Crippen molar-refractivity contribution in [3.63, 3.8) is 0 Å². The van der Waals surface area contributed by atoms with Gasteiger partial charge in [-0.25, -0.2) is 0 Å². The Kier molecular flexibility index (Phi) is 6.81. The third-order valence-electron chi connectivity index (χ3n) is 2.66. The van der Waals surface area contributed by atoms with Crippen molar-refractivity contribution in [3.8, 4) is 6.19 Å². The van der Waals surface area contributed by atoms with Crippen molar-refractivity contribution >= 4 is 0 Å². The molecule has 0 aromatic rings. The van der Waals surface area contributed by atoms with E-state index in [9.17, 15) is 0 Å². The Morgan fingerprint density at radius 3 is 1.87 bits per heavy atom. The Morgan fingerprint density at radius 2 is 1.47 bits per heavy atom. The number of nitrogens with zero attached hydrogens (tertiary/aromatic N) is 3. The average Bonchev–Trinajstić information content (AvgIpc) is 2.21. The second kappa shape index (κ2) is 7.30. The minimum atomic E-state index is 0.821. The summed E-state index contributed by atoms with van der Waals surface area (Å²) in [7, 11) is 6.00. The molecule has 86 valence electrons. The highest BCUT2D eigenvalue weighted by Gasteiger charge is 2.00. The molecule has 0 atom stereocenters. The second-order valence-corrected chi connectivity index (χ2v) is 4.39. The van der Waals surface area contributed by atoms with Crippen LogP contribution in [-0.4, -0.2) is 44.0 Å². The fraction of sp³-hybridized carbons (Fsp3) is 0.750. The van der Waals surface area contributed by atoms with Gasteiger partial charge in [0.05, 0.1) is 0 Å². The topological polar surface area (TPSA) is 30.3 Å². The van der Waals surface area contributed by atoms with E-state index >= 15 is 0 Å². The number of hydrogen-bond donors (Lipinski definition) is 0. The van der Waals surface area contributed by atoms with Gasteiger partial charge in [-0.05, 0) is 40.8 Å². The van der Waals surface area contributed by atoms with Crippen LogP contribution < -0.4 is 0 Å². The minimum absolute atomic E-state index is 0.821. The zero-order valence-corrected chi connectivity index (χ0v) is 10.7. The van der Waals surface area contributed by atoms with Crippen molar-refractivity contribution in [1.29, 1.82) is 5.26 Å². The van der Waals surface area contributed by atoms with Gasteiger partial charge >= 0.3 is 0 Å². The van der Waals surface area contributed by atoms with Gasteiger partial charge in [0.25, 0.3) is 0 Å². The summed E-state index contributed by atoms with van der Waals surface area (Å²) in [6.45, 7) is 6.26. The molecular formula is C12H23N3. The van der Waals surface area contributed by atoms with Crippen molar-refractivity contribution in [3.05, 3.63) is 11.1 Å². The second-order valence-electron chi connectivity index (χ2n) is 4.39. The van der Waals surface area contributed by atoms with E-state index in [4.69, 9.17) is 5.26 Å². The first-order valence-corrected chi connectivity index (χ1v) is 5.38. The maximum atomic E-state index is 8.62. The predicted octanol–water partition coefficient (Wildman–Crippen LogP) is 2.08. The lowest BCUT2D eigenvalue weighted by molar-refractivity contribution is 0.411. The maximum Gasteiger partial charge on any atom is 0.179 e. The van der Waals surface area contributed by atoms with Crippen LogP contribution in [0.2, 0.25) is 0 Å². The highest BCUT2D eigenvalue weighted by Crippen LogP contribution is 2.11. The van der Waals surface area contributed by atoms with E-state index in [2.05, 4.69) is 39.0 Å². The summed E-state index contributed by atoms with van der Waals surface area (Å²) in [4.78, 5) is 3.86. The van der Waals surface area contributed by atoms with Crippen LogP contribution in [-0.2, 0) is 0 Å². The van der Waals surface area contributed by atoms with Gasteiger partial charge < -0.3 is 9.80 Å². The van der Waals surface area contributed by atoms with Crippen molar-refractivity contribution in [1.82, 2.24) is 9.80 Å². The van der Waals surface area contributed by atoms with Gasteiger partial charge in [-0.1, -0.05) is 11.1 Å².